The molecule has 1 aromatic carbocycles. The Morgan fingerprint density at radius 1 is 1.29 bits per heavy atom. The predicted octanol–water partition coefficient (Wildman–Crippen LogP) is 2.76. The highest BCUT2D eigenvalue weighted by atomic mass is 35.5. The molecule has 3 rings (SSSR count). The van der Waals surface area contributed by atoms with E-state index in [1.807, 2.05) is 6.07 Å². The van der Waals surface area contributed by atoms with Gasteiger partial charge in [-0.1, -0.05) is 17.7 Å². The third kappa shape index (κ3) is 3.44. The first-order chi connectivity index (χ1) is 11.5. The fourth-order valence-electron chi connectivity index (χ4n) is 2.48. The number of benzodiazepines with no additional fused rings is 1. The molecule has 122 valence electrons. The number of carbonyl (C=O) groups is 2. The standard InChI is InChI=1S/C17H14ClN3O3/c18-10-4-5-12-11(9-10)16(13-3-1-2-8-19-13)20-14(17(24)21-12)6-7-15(22)23/h1-5,8-9,14H,6-7H2,(H,21,24)(H,22,23). The number of fused-ring (bicyclic) bond motifs is 1. The average molecular weight is 344 g/mol. The van der Waals surface area contributed by atoms with Gasteiger partial charge in [-0.25, -0.2) is 0 Å². The summed E-state index contributed by atoms with van der Waals surface area (Å²) in [4.78, 5) is 32.0. The molecule has 1 atom stereocenters. The molecule has 0 saturated heterocycles. The van der Waals surface area contributed by atoms with E-state index in [0.29, 0.717) is 27.7 Å². The molecule has 0 fully saturated rings. The van der Waals surface area contributed by atoms with E-state index < -0.39 is 12.0 Å². The maximum Gasteiger partial charge on any atom is 0.303 e. The Bertz CT molecular complexity index is 821. The van der Waals surface area contributed by atoms with Gasteiger partial charge in [0.1, 0.15) is 6.04 Å². The van der Waals surface area contributed by atoms with Crippen LogP contribution in [0.5, 0.6) is 0 Å². The van der Waals surface area contributed by atoms with Gasteiger partial charge in [0.2, 0.25) is 5.91 Å². The van der Waals surface area contributed by atoms with E-state index in [-0.39, 0.29) is 18.7 Å². The molecule has 2 heterocycles. The second-order valence-corrected chi connectivity index (χ2v) is 5.76. The van der Waals surface area contributed by atoms with E-state index in [4.69, 9.17) is 16.7 Å². The lowest BCUT2D eigenvalue weighted by Crippen LogP contribution is -2.26. The van der Waals surface area contributed by atoms with Crippen LogP contribution in [0.3, 0.4) is 0 Å². The lowest BCUT2D eigenvalue weighted by atomic mass is 10.0. The maximum atomic E-state index is 12.4. The van der Waals surface area contributed by atoms with E-state index in [0.717, 1.165) is 0 Å². The van der Waals surface area contributed by atoms with Crippen LogP contribution in [0.25, 0.3) is 0 Å². The zero-order valence-corrected chi connectivity index (χ0v) is 13.3. The molecule has 2 aromatic rings. The Labute approximate surface area is 143 Å². The van der Waals surface area contributed by atoms with Gasteiger partial charge in [-0.2, -0.15) is 0 Å². The molecule has 7 heteroatoms. The quantitative estimate of drug-likeness (QED) is 0.892. The fourth-order valence-corrected chi connectivity index (χ4v) is 2.66. The lowest BCUT2D eigenvalue weighted by molar-refractivity contribution is -0.137. The Morgan fingerprint density at radius 2 is 2.12 bits per heavy atom. The topological polar surface area (TPSA) is 91.7 Å². The Hall–Kier alpha value is -2.73. The third-order valence-corrected chi connectivity index (χ3v) is 3.86. The number of carboxylic acid groups (broad SMARTS) is 1. The number of nitrogens with zero attached hydrogens (tertiary/aromatic N) is 2. The number of halogens is 1. The van der Waals surface area contributed by atoms with Gasteiger partial charge in [0, 0.05) is 23.2 Å². The van der Waals surface area contributed by atoms with Crippen molar-refractivity contribution in [2.45, 2.75) is 18.9 Å². The number of carbonyl (C=O) groups excluding carboxylic acids is 1. The molecule has 1 aromatic heterocycles. The molecular weight excluding hydrogens is 330 g/mol. The van der Waals surface area contributed by atoms with Crippen LogP contribution in [0.1, 0.15) is 24.1 Å². The summed E-state index contributed by atoms with van der Waals surface area (Å²) in [6, 6.07) is 9.68. The van der Waals surface area contributed by atoms with Crippen molar-refractivity contribution in [3.05, 3.63) is 58.9 Å². The summed E-state index contributed by atoms with van der Waals surface area (Å²) >= 11 is 6.09. The molecule has 1 unspecified atom stereocenters. The SMILES string of the molecule is O=C(O)CCC1N=C(c2ccccn2)c2cc(Cl)ccc2NC1=O. The minimum absolute atomic E-state index is 0.110. The average Bonchev–Trinajstić information content (AvgIpc) is 2.70. The van der Waals surface area contributed by atoms with Crippen molar-refractivity contribution in [2.24, 2.45) is 4.99 Å². The Kier molecular flexibility index (Phi) is 4.57. The molecular formula is C17H14ClN3O3. The highest BCUT2D eigenvalue weighted by Crippen LogP contribution is 2.27. The minimum atomic E-state index is -0.970. The first kappa shape index (κ1) is 16.1. The van der Waals surface area contributed by atoms with Crippen molar-refractivity contribution in [2.75, 3.05) is 5.32 Å². The molecule has 0 spiro atoms. The van der Waals surface area contributed by atoms with Gasteiger partial charge in [-0.3, -0.25) is 19.6 Å². The number of aromatic nitrogens is 1. The summed E-state index contributed by atoms with van der Waals surface area (Å²) in [5.74, 6) is -1.31. The predicted molar refractivity (Wildman–Crippen MR) is 90.6 cm³/mol. The number of carboxylic acids is 1. The summed E-state index contributed by atoms with van der Waals surface area (Å²) in [5.41, 5.74) is 2.35. The van der Waals surface area contributed by atoms with Gasteiger partial charge in [0.05, 0.1) is 17.1 Å². The number of pyridine rings is 1. The molecule has 6 nitrogen and oxygen atoms in total. The van der Waals surface area contributed by atoms with E-state index in [1.54, 1.807) is 36.5 Å². The zero-order valence-electron chi connectivity index (χ0n) is 12.6. The summed E-state index contributed by atoms with van der Waals surface area (Å²) in [6.07, 6.45) is 1.60. The fraction of sp³-hybridized carbons (Fsp3) is 0.176. The molecule has 0 aliphatic carbocycles. The van der Waals surface area contributed by atoms with E-state index in [1.165, 1.54) is 0 Å². The minimum Gasteiger partial charge on any atom is -0.481 e. The second-order valence-electron chi connectivity index (χ2n) is 5.32. The third-order valence-electron chi connectivity index (χ3n) is 3.62. The van der Waals surface area contributed by atoms with Crippen LogP contribution in [0, 0.1) is 0 Å². The molecule has 0 radical (unpaired) electrons. The van der Waals surface area contributed by atoms with Gasteiger partial charge < -0.3 is 10.4 Å². The van der Waals surface area contributed by atoms with Crippen LogP contribution in [-0.4, -0.2) is 33.7 Å². The van der Waals surface area contributed by atoms with Gasteiger partial charge in [0.15, 0.2) is 0 Å². The van der Waals surface area contributed by atoms with E-state index in [2.05, 4.69) is 15.3 Å². The van der Waals surface area contributed by atoms with Gasteiger partial charge in [-0.15, -0.1) is 0 Å². The molecule has 0 bridgehead atoms. The monoisotopic (exact) mass is 343 g/mol. The van der Waals surface area contributed by atoms with Crippen molar-refractivity contribution >= 4 is 34.9 Å². The number of anilines is 1. The van der Waals surface area contributed by atoms with Crippen LogP contribution in [0.4, 0.5) is 5.69 Å². The summed E-state index contributed by atoms with van der Waals surface area (Å²) < 4.78 is 0. The number of aliphatic carboxylic acids is 1. The number of hydrogen-bond acceptors (Lipinski definition) is 4. The summed E-state index contributed by atoms with van der Waals surface area (Å²) in [5, 5.41) is 12.2. The van der Waals surface area contributed by atoms with Gasteiger partial charge in [-0.05, 0) is 36.8 Å². The van der Waals surface area contributed by atoms with E-state index >= 15 is 0 Å². The number of hydrogen-bond donors (Lipinski definition) is 2. The van der Waals surface area contributed by atoms with Gasteiger partial charge in [0.25, 0.3) is 0 Å². The van der Waals surface area contributed by atoms with Crippen molar-refractivity contribution < 1.29 is 14.7 Å². The normalized spacial score (nSPS) is 16.6. The van der Waals surface area contributed by atoms with Crippen molar-refractivity contribution in [3.8, 4) is 0 Å². The molecule has 0 saturated carbocycles. The molecule has 2 N–H and O–H groups in total. The summed E-state index contributed by atoms with van der Waals surface area (Å²) in [7, 11) is 0. The van der Waals surface area contributed by atoms with Crippen molar-refractivity contribution in [1.29, 1.82) is 0 Å². The van der Waals surface area contributed by atoms with Crippen LogP contribution < -0.4 is 5.32 Å². The number of amides is 1. The largest absolute Gasteiger partial charge is 0.481 e. The molecule has 24 heavy (non-hydrogen) atoms. The number of nitrogens with one attached hydrogen (secondary N) is 1. The number of aliphatic imine (C=N–C) groups is 1. The summed E-state index contributed by atoms with van der Waals surface area (Å²) in [6.45, 7) is 0. The molecule has 1 aliphatic heterocycles. The highest BCUT2D eigenvalue weighted by Gasteiger charge is 2.26. The number of rotatable bonds is 4. The Balaban J connectivity index is 2.10. The second kappa shape index (κ2) is 6.80. The molecule has 1 amide bonds. The highest BCUT2D eigenvalue weighted by molar-refractivity contribution is 6.31. The lowest BCUT2D eigenvalue weighted by Gasteiger charge is -2.09. The first-order valence-corrected chi connectivity index (χ1v) is 7.74. The maximum absolute atomic E-state index is 12.4. The van der Waals surface area contributed by atoms with Crippen molar-refractivity contribution in [3.63, 3.8) is 0 Å². The first-order valence-electron chi connectivity index (χ1n) is 7.36. The van der Waals surface area contributed by atoms with Crippen LogP contribution in [0.15, 0.2) is 47.6 Å². The van der Waals surface area contributed by atoms with Crippen LogP contribution in [0.2, 0.25) is 5.02 Å². The molecule has 1 aliphatic rings. The van der Waals surface area contributed by atoms with Crippen molar-refractivity contribution in [1.82, 2.24) is 4.98 Å². The zero-order chi connectivity index (χ0) is 17.1. The van der Waals surface area contributed by atoms with Crippen LogP contribution in [-0.2, 0) is 9.59 Å². The van der Waals surface area contributed by atoms with Crippen LogP contribution >= 0.6 is 11.6 Å². The van der Waals surface area contributed by atoms with E-state index in [9.17, 15) is 9.59 Å². The Morgan fingerprint density at radius 3 is 2.83 bits per heavy atom. The van der Waals surface area contributed by atoms with Gasteiger partial charge >= 0.3 is 5.97 Å². The smallest absolute Gasteiger partial charge is 0.303 e. The number of benzene rings is 1.